The summed E-state index contributed by atoms with van der Waals surface area (Å²) in [6.45, 7) is 1.70. The summed E-state index contributed by atoms with van der Waals surface area (Å²) < 4.78 is 2.14. The van der Waals surface area contributed by atoms with Crippen LogP contribution in [0.2, 0.25) is 0 Å². The van der Waals surface area contributed by atoms with E-state index >= 15 is 0 Å². The van der Waals surface area contributed by atoms with Gasteiger partial charge in [0.15, 0.2) is 0 Å². The molecule has 2 atom stereocenters. The number of aromatic nitrogens is 4. The molecule has 2 unspecified atom stereocenters. The largest absolute Gasteiger partial charge is 0.329 e. The highest BCUT2D eigenvalue weighted by molar-refractivity contribution is 5.25. The first-order valence-electron chi connectivity index (χ1n) is 10.6. The lowest BCUT2D eigenvalue weighted by molar-refractivity contribution is 0.432. The molecule has 0 bridgehead atoms. The fourth-order valence-corrected chi connectivity index (χ4v) is 4.13. The number of rotatable bonds is 9. The van der Waals surface area contributed by atoms with Gasteiger partial charge in [-0.3, -0.25) is 9.97 Å². The summed E-state index contributed by atoms with van der Waals surface area (Å²) in [5.74, 6) is 1.03. The molecule has 0 radical (unpaired) electrons. The van der Waals surface area contributed by atoms with Gasteiger partial charge >= 0.3 is 0 Å². The van der Waals surface area contributed by atoms with Gasteiger partial charge in [0.25, 0.3) is 0 Å². The third kappa shape index (κ3) is 5.28. The Balaban J connectivity index is 1.22. The second-order valence-electron chi connectivity index (χ2n) is 7.85. The van der Waals surface area contributed by atoms with Crippen LogP contribution in [0.5, 0.6) is 0 Å². The number of aryl methyl sites for hydroxylation is 1. The number of hydrogen-bond donors (Lipinski definition) is 2. The van der Waals surface area contributed by atoms with Gasteiger partial charge in [0.05, 0.1) is 17.9 Å². The van der Waals surface area contributed by atoms with Crippen molar-refractivity contribution in [3.05, 3.63) is 77.9 Å². The Morgan fingerprint density at radius 1 is 1.10 bits per heavy atom. The lowest BCUT2D eigenvalue weighted by atomic mass is 9.92. The first-order valence-corrected chi connectivity index (χ1v) is 10.6. The zero-order valence-corrected chi connectivity index (χ0v) is 16.9. The lowest BCUT2D eigenvalue weighted by Gasteiger charge is -2.25. The van der Waals surface area contributed by atoms with Crippen LogP contribution < -0.4 is 11.1 Å². The van der Waals surface area contributed by atoms with E-state index in [4.69, 9.17) is 5.73 Å². The number of fused-ring (bicyclic) bond motifs is 1. The van der Waals surface area contributed by atoms with Gasteiger partial charge in [0.2, 0.25) is 0 Å². The quantitative estimate of drug-likeness (QED) is 0.549. The molecule has 6 nitrogen and oxygen atoms in total. The first-order chi connectivity index (χ1) is 14.3. The third-order valence-corrected chi connectivity index (χ3v) is 5.64. The van der Waals surface area contributed by atoms with Gasteiger partial charge < -0.3 is 15.6 Å². The molecule has 6 heteroatoms. The Bertz CT molecular complexity index is 891. The highest BCUT2D eigenvalue weighted by Crippen LogP contribution is 2.27. The minimum absolute atomic E-state index is 0.110. The molecule has 3 aromatic heterocycles. The van der Waals surface area contributed by atoms with Crippen LogP contribution in [0.3, 0.4) is 0 Å². The summed E-state index contributed by atoms with van der Waals surface area (Å²) in [4.78, 5) is 13.5. The average molecular weight is 391 g/mol. The molecule has 0 saturated carbocycles. The second kappa shape index (κ2) is 9.76. The molecule has 29 heavy (non-hydrogen) atoms. The van der Waals surface area contributed by atoms with Crippen molar-refractivity contribution < 1.29 is 0 Å². The Labute approximate surface area is 172 Å². The van der Waals surface area contributed by atoms with Gasteiger partial charge in [-0.1, -0.05) is 12.1 Å². The molecule has 3 heterocycles. The van der Waals surface area contributed by atoms with Gasteiger partial charge in [-0.25, -0.2) is 4.98 Å². The van der Waals surface area contributed by atoms with E-state index in [0.717, 1.165) is 50.3 Å². The molecule has 0 saturated heterocycles. The zero-order chi connectivity index (χ0) is 19.9. The Morgan fingerprint density at radius 2 is 2.03 bits per heavy atom. The highest BCUT2D eigenvalue weighted by Gasteiger charge is 2.20. The van der Waals surface area contributed by atoms with E-state index in [1.54, 1.807) is 0 Å². The lowest BCUT2D eigenvalue weighted by Crippen LogP contribution is -2.29. The average Bonchev–Trinajstić information content (AvgIpc) is 3.18. The number of nitrogens with one attached hydrogen (secondary N) is 1. The molecule has 0 amide bonds. The molecule has 3 N–H and O–H groups in total. The molecule has 152 valence electrons. The Kier molecular flexibility index (Phi) is 6.64. The van der Waals surface area contributed by atoms with Crippen LogP contribution in [0, 0.1) is 0 Å². The molecule has 0 fully saturated rings. The SMILES string of the molecule is NC(CCCNC1CCCc2cccnc21)Cc1nccn1Cc1ccccn1. The summed E-state index contributed by atoms with van der Waals surface area (Å²) in [7, 11) is 0. The molecule has 0 spiro atoms. The smallest absolute Gasteiger partial charge is 0.110 e. The number of pyridine rings is 2. The van der Waals surface area contributed by atoms with Crippen molar-refractivity contribution in [3.8, 4) is 0 Å². The van der Waals surface area contributed by atoms with E-state index in [9.17, 15) is 0 Å². The molecule has 1 aliphatic rings. The summed E-state index contributed by atoms with van der Waals surface area (Å²) >= 11 is 0. The summed E-state index contributed by atoms with van der Waals surface area (Å²) in [6.07, 6.45) is 13.9. The maximum Gasteiger partial charge on any atom is 0.110 e. The van der Waals surface area contributed by atoms with Crippen molar-refractivity contribution >= 4 is 0 Å². The maximum atomic E-state index is 6.41. The van der Waals surface area contributed by atoms with E-state index in [1.165, 1.54) is 24.1 Å². The van der Waals surface area contributed by atoms with Crippen molar-refractivity contribution in [2.45, 2.75) is 57.2 Å². The topological polar surface area (TPSA) is 81.6 Å². The van der Waals surface area contributed by atoms with Crippen molar-refractivity contribution in [2.24, 2.45) is 5.73 Å². The Hall–Kier alpha value is -2.57. The highest BCUT2D eigenvalue weighted by atomic mass is 15.1. The van der Waals surface area contributed by atoms with Gasteiger partial charge in [0.1, 0.15) is 5.82 Å². The Morgan fingerprint density at radius 3 is 2.93 bits per heavy atom. The van der Waals surface area contributed by atoms with E-state index < -0.39 is 0 Å². The van der Waals surface area contributed by atoms with Crippen molar-refractivity contribution in [3.63, 3.8) is 0 Å². The van der Waals surface area contributed by atoms with Crippen LogP contribution in [0.25, 0.3) is 0 Å². The van der Waals surface area contributed by atoms with E-state index in [0.29, 0.717) is 6.04 Å². The summed E-state index contributed by atoms with van der Waals surface area (Å²) in [5, 5.41) is 3.69. The van der Waals surface area contributed by atoms with Gasteiger partial charge in [-0.05, 0) is 62.4 Å². The van der Waals surface area contributed by atoms with Crippen LogP contribution in [-0.4, -0.2) is 32.1 Å². The minimum atomic E-state index is 0.110. The predicted molar refractivity (Wildman–Crippen MR) is 114 cm³/mol. The zero-order valence-electron chi connectivity index (χ0n) is 16.9. The second-order valence-corrected chi connectivity index (χ2v) is 7.85. The van der Waals surface area contributed by atoms with Crippen LogP contribution in [0.4, 0.5) is 0 Å². The number of imidazole rings is 1. The molecule has 1 aliphatic carbocycles. The summed E-state index contributed by atoms with van der Waals surface area (Å²) in [5.41, 5.74) is 10.1. The van der Waals surface area contributed by atoms with E-state index in [2.05, 4.69) is 30.9 Å². The molecule has 0 aliphatic heterocycles. The van der Waals surface area contributed by atoms with E-state index in [1.807, 2.05) is 49.1 Å². The van der Waals surface area contributed by atoms with Crippen molar-refractivity contribution in [1.29, 1.82) is 0 Å². The first kappa shape index (κ1) is 19.7. The van der Waals surface area contributed by atoms with Crippen LogP contribution in [0.15, 0.2) is 55.1 Å². The maximum absolute atomic E-state index is 6.41. The van der Waals surface area contributed by atoms with Gasteiger partial charge in [-0.2, -0.15) is 0 Å². The minimum Gasteiger partial charge on any atom is -0.329 e. The number of nitrogens with two attached hydrogens (primary N) is 1. The normalized spacial score (nSPS) is 17.1. The van der Waals surface area contributed by atoms with Crippen molar-refractivity contribution in [2.75, 3.05) is 6.54 Å². The van der Waals surface area contributed by atoms with Crippen LogP contribution in [-0.2, 0) is 19.4 Å². The molecule has 0 aromatic carbocycles. The molecular weight excluding hydrogens is 360 g/mol. The van der Waals surface area contributed by atoms with Crippen molar-refractivity contribution in [1.82, 2.24) is 24.8 Å². The molecular formula is C23H30N6. The molecule has 3 aromatic rings. The fraction of sp³-hybridized carbons (Fsp3) is 0.435. The third-order valence-electron chi connectivity index (χ3n) is 5.64. The van der Waals surface area contributed by atoms with Crippen LogP contribution in [0.1, 0.15) is 54.5 Å². The predicted octanol–water partition coefficient (Wildman–Crippen LogP) is 3.04. The van der Waals surface area contributed by atoms with Gasteiger partial charge in [0, 0.05) is 43.3 Å². The van der Waals surface area contributed by atoms with Crippen LogP contribution >= 0.6 is 0 Å². The molecule has 4 rings (SSSR count). The number of nitrogens with zero attached hydrogens (tertiary/aromatic N) is 4. The van der Waals surface area contributed by atoms with E-state index in [-0.39, 0.29) is 6.04 Å². The summed E-state index contributed by atoms with van der Waals surface area (Å²) in [6, 6.07) is 10.7. The fourth-order valence-electron chi connectivity index (χ4n) is 4.13. The van der Waals surface area contributed by atoms with Gasteiger partial charge in [-0.15, -0.1) is 0 Å². The number of hydrogen-bond acceptors (Lipinski definition) is 5. The standard InChI is InChI=1S/C23H30N6/c24-19(16-22-27-14-15-29(22)17-20-9-1-2-11-25-20)8-5-12-26-21-10-3-6-18-7-4-13-28-23(18)21/h1-2,4,7,9,11,13-15,19,21,26H,3,5-6,8,10,12,16-17,24H2. The monoisotopic (exact) mass is 390 g/mol.